The van der Waals surface area contributed by atoms with Crippen molar-refractivity contribution < 1.29 is 9.50 Å². The van der Waals surface area contributed by atoms with E-state index in [2.05, 4.69) is 4.98 Å². The van der Waals surface area contributed by atoms with Crippen molar-refractivity contribution in [2.24, 2.45) is 0 Å². The van der Waals surface area contributed by atoms with Gasteiger partial charge in [-0.25, -0.2) is 4.39 Å². The number of aliphatic hydroxyl groups is 1. The monoisotopic (exact) mass is 302 g/mol. The lowest BCUT2D eigenvalue weighted by molar-refractivity contribution is 0.146. The van der Waals surface area contributed by atoms with Gasteiger partial charge in [0.1, 0.15) is 6.67 Å². The fourth-order valence-electron chi connectivity index (χ4n) is 2.03. The van der Waals surface area contributed by atoms with Gasteiger partial charge in [-0.3, -0.25) is 4.79 Å². The maximum atomic E-state index is 12.3. The van der Waals surface area contributed by atoms with Gasteiger partial charge < -0.3 is 15.0 Å². The first-order valence-corrected chi connectivity index (χ1v) is 7.00. The number of hydrogen-bond donors (Lipinski definition) is 2. The highest BCUT2D eigenvalue weighted by molar-refractivity contribution is 5.70. The molecule has 4 nitrogen and oxygen atoms in total. The number of benzene rings is 1. The van der Waals surface area contributed by atoms with E-state index >= 15 is 0 Å². The number of aromatic amines is 1. The Morgan fingerprint density at radius 3 is 2.41 bits per heavy atom. The second-order valence-corrected chi connectivity index (χ2v) is 5.10. The van der Waals surface area contributed by atoms with Crippen LogP contribution < -0.4 is 10.5 Å². The van der Waals surface area contributed by atoms with Gasteiger partial charge in [0, 0.05) is 31.5 Å². The zero-order valence-electron chi connectivity index (χ0n) is 12.4. The Balaban J connectivity index is 2.02. The molecule has 1 aromatic heterocycles. The molecule has 22 heavy (non-hydrogen) atoms. The topological polar surface area (TPSA) is 56.3 Å². The predicted molar refractivity (Wildman–Crippen MR) is 87.7 cm³/mol. The fourth-order valence-corrected chi connectivity index (χ4v) is 2.03. The number of H-pyrrole nitrogens is 1. The van der Waals surface area contributed by atoms with Crippen LogP contribution in [0.15, 0.2) is 47.4 Å². The molecule has 1 atom stereocenters. The molecule has 1 aromatic carbocycles. The van der Waals surface area contributed by atoms with E-state index < -0.39 is 12.8 Å². The van der Waals surface area contributed by atoms with Gasteiger partial charge in [0.05, 0.1) is 6.10 Å². The van der Waals surface area contributed by atoms with Crippen molar-refractivity contribution in [3.05, 3.63) is 64.1 Å². The number of anilines is 1. The van der Waals surface area contributed by atoms with Crippen molar-refractivity contribution in [2.75, 3.05) is 25.2 Å². The minimum absolute atomic E-state index is 0.125. The van der Waals surface area contributed by atoms with Gasteiger partial charge in [0.15, 0.2) is 0 Å². The molecule has 0 aliphatic heterocycles. The van der Waals surface area contributed by atoms with E-state index in [4.69, 9.17) is 0 Å². The molecule has 2 N–H and O–H groups in total. The number of halogens is 1. The molecule has 116 valence electrons. The summed E-state index contributed by atoms with van der Waals surface area (Å²) in [6.07, 6.45) is 4.53. The van der Waals surface area contributed by atoms with Crippen LogP contribution in [0.4, 0.5) is 10.1 Å². The molecular weight excluding hydrogens is 283 g/mol. The summed E-state index contributed by atoms with van der Waals surface area (Å²) in [6, 6.07) is 10.9. The lowest BCUT2D eigenvalue weighted by Gasteiger charge is -2.21. The number of likely N-dealkylation sites (N-methyl/N-ethyl adjacent to an activating group) is 1. The summed E-state index contributed by atoms with van der Waals surface area (Å²) >= 11 is 0. The number of alkyl halides is 1. The Kier molecular flexibility index (Phi) is 5.49. The highest BCUT2D eigenvalue weighted by Gasteiger charge is 2.07. The highest BCUT2D eigenvalue weighted by Crippen LogP contribution is 2.16. The van der Waals surface area contributed by atoms with Crippen LogP contribution in [0.1, 0.15) is 11.1 Å². The summed E-state index contributed by atoms with van der Waals surface area (Å²) in [6.45, 7) is -0.493. The van der Waals surface area contributed by atoms with E-state index in [-0.39, 0.29) is 12.1 Å². The van der Waals surface area contributed by atoms with Gasteiger partial charge in [-0.1, -0.05) is 24.3 Å². The van der Waals surface area contributed by atoms with Crippen molar-refractivity contribution >= 4 is 17.8 Å². The van der Waals surface area contributed by atoms with Crippen LogP contribution in [-0.4, -0.2) is 36.5 Å². The summed E-state index contributed by atoms with van der Waals surface area (Å²) in [5, 5.41) is 9.32. The summed E-state index contributed by atoms with van der Waals surface area (Å²) in [7, 11) is 1.81. The Morgan fingerprint density at radius 2 is 1.82 bits per heavy atom. The van der Waals surface area contributed by atoms with Crippen molar-refractivity contribution in [1.29, 1.82) is 0 Å². The number of aromatic nitrogens is 1. The Bertz CT molecular complexity index is 659. The van der Waals surface area contributed by atoms with Crippen molar-refractivity contribution in [1.82, 2.24) is 4.98 Å². The average molecular weight is 302 g/mol. The van der Waals surface area contributed by atoms with E-state index in [0.717, 1.165) is 16.8 Å². The molecule has 0 bridgehead atoms. The molecule has 0 amide bonds. The zero-order chi connectivity index (χ0) is 15.9. The molecule has 0 spiro atoms. The molecule has 0 radical (unpaired) electrons. The second-order valence-electron chi connectivity index (χ2n) is 5.10. The Morgan fingerprint density at radius 1 is 1.18 bits per heavy atom. The Labute approximate surface area is 128 Å². The molecule has 0 saturated heterocycles. The maximum Gasteiger partial charge on any atom is 0.247 e. The van der Waals surface area contributed by atoms with Crippen LogP contribution in [0, 0.1) is 0 Å². The molecule has 0 aliphatic carbocycles. The first kappa shape index (κ1) is 16.0. The van der Waals surface area contributed by atoms with Gasteiger partial charge in [0.25, 0.3) is 0 Å². The summed E-state index contributed by atoms with van der Waals surface area (Å²) in [5.41, 5.74) is 2.70. The third-order valence-corrected chi connectivity index (χ3v) is 3.27. The molecule has 2 aromatic rings. The van der Waals surface area contributed by atoms with E-state index in [1.54, 1.807) is 17.2 Å². The SMILES string of the molecule is CN(CC(O)CF)c1ccc(C=Cc2ccc(=O)[nH]c2)cc1. The number of hydrogen-bond acceptors (Lipinski definition) is 3. The highest BCUT2D eigenvalue weighted by atomic mass is 19.1. The molecule has 0 saturated carbocycles. The summed E-state index contributed by atoms with van der Waals surface area (Å²) in [4.78, 5) is 15.4. The number of nitrogens with zero attached hydrogens (tertiary/aromatic N) is 1. The smallest absolute Gasteiger partial charge is 0.247 e. The molecule has 1 unspecified atom stereocenters. The quantitative estimate of drug-likeness (QED) is 0.861. The lowest BCUT2D eigenvalue weighted by Crippen LogP contribution is -2.30. The normalized spacial score (nSPS) is 12.5. The van der Waals surface area contributed by atoms with Crippen LogP contribution in [-0.2, 0) is 0 Å². The first-order valence-electron chi connectivity index (χ1n) is 7.00. The fraction of sp³-hybridized carbons (Fsp3) is 0.235. The van der Waals surface area contributed by atoms with Crippen LogP contribution in [0.2, 0.25) is 0 Å². The van der Waals surface area contributed by atoms with E-state index in [0.29, 0.717) is 0 Å². The summed E-state index contributed by atoms with van der Waals surface area (Å²) in [5.74, 6) is 0. The number of rotatable bonds is 6. The van der Waals surface area contributed by atoms with Crippen molar-refractivity contribution in [3.8, 4) is 0 Å². The van der Waals surface area contributed by atoms with Crippen molar-refractivity contribution in [2.45, 2.75) is 6.10 Å². The lowest BCUT2D eigenvalue weighted by atomic mass is 10.1. The van der Waals surface area contributed by atoms with Gasteiger partial charge in [0.2, 0.25) is 5.56 Å². The molecule has 0 aliphatic rings. The average Bonchev–Trinajstić information content (AvgIpc) is 2.54. The minimum atomic E-state index is -0.968. The van der Waals surface area contributed by atoms with E-state index in [1.807, 2.05) is 43.5 Å². The van der Waals surface area contributed by atoms with Gasteiger partial charge in [-0.15, -0.1) is 0 Å². The van der Waals surface area contributed by atoms with Gasteiger partial charge in [-0.2, -0.15) is 0 Å². The molecular formula is C17H19FN2O2. The number of aliphatic hydroxyl groups excluding tert-OH is 1. The first-order chi connectivity index (χ1) is 10.6. The number of pyridine rings is 1. The largest absolute Gasteiger partial charge is 0.389 e. The van der Waals surface area contributed by atoms with E-state index in [9.17, 15) is 14.3 Å². The maximum absolute atomic E-state index is 12.3. The van der Waals surface area contributed by atoms with Gasteiger partial charge in [-0.05, 0) is 29.3 Å². The van der Waals surface area contributed by atoms with Crippen LogP contribution in [0.5, 0.6) is 0 Å². The predicted octanol–water partition coefficient (Wildman–Crippen LogP) is 2.31. The zero-order valence-corrected chi connectivity index (χ0v) is 12.4. The van der Waals surface area contributed by atoms with Crippen LogP contribution in [0.25, 0.3) is 12.2 Å². The molecule has 2 rings (SSSR count). The van der Waals surface area contributed by atoms with Crippen molar-refractivity contribution in [3.63, 3.8) is 0 Å². The molecule has 5 heteroatoms. The number of nitrogens with one attached hydrogen (secondary N) is 1. The third kappa shape index (κ3) is 4.56. The third-order valence-electron chi connectivity index (χ3n) is 3.27. The minimum Gasteiger partial charge on any atom is -0.389 e. The summed E-state index contributed by atoms with van der Waals surface area (Å²) < 4.78 is 12.3. The Hall–Kier alpha value is -2.40. The van der Waals surface area contributed by atoms with Crippen LogP contribution in [0.3, 0.4) is 0 Å². The molecule has 1 heterocycles. The van der Waals surface area contributed by atoms with E-state index in [1.165, 1.54) is 6.07 Å². The van der Waals surface area contributed by atoms with Crippen LogP contribution >= 0.6 is 0 Å². The standard InChI is InChI=1S/C17H19FN2O2/c1-20(12-16(21)10-18)15-7-4-13(5-8-15)2-3-14-6-9-17(22)19-11-14/h2-9,11,16,21H,10,12H2,1H3,(H,19,22). The second kappa shape index (κ2) is 7.56. The molecule has 0 fully saturated rings. The van der Waals surface area contributed by atoms with Gasteiger partial charge >= 0.3 is 0 Å².